The number of carbonyl (C=O) groups excluding carboxylic acids is 1. The van der Waals surface area contributed by atoms with E-state index in [0.29, 0.717) is 6.04 Å². The summed E-state index contributed by atoms with van der Waals surface area (Å²) in [6.45, 7) is 8.87. The maximum atomic E-state index is 11.6. The summed E-state index contributed by atoms with van der Waals surface area (Å²) in [4.78, 5) is 13.3. The highest BCUT2D eigenvalue weighted by Gasteiger charge is 2.16. The SMILES string of the molecule is CCC(C)NC(C)C(=O)N(C)CC. The van der Waals surface area contributed by atoms with E-state index < -0.39 is 0 Å². The molecule has 2 unspecified atom stereocenters. The van der Waals surface area contributed by atoms with Gasteiger partial charge in [0.2, 0.25) is 5.91 Å². The van der Waals surface area contributed by atoms with Crippen LogP contribution in [0.25, 0.3) is 0 Å². The summed E-state index contributed by atoms with van der Waals surface area (Å²) in [5.74, 6) is 0.169. The third-order valence-electron chi connectivity index (χ3n) is 2.37. The van der Waals surface area contributed by atoms with Crippen LogP contribution in [0.15, 0.2) is 0 Å². The van der Waals surface area contributed by atoms with Crippen LogP contribution in [-0.2, 0) is 4.79 Å². The lowest BCUT2D eigenvalue weighted by Gasteiger charge is -2.23. The first-order chi connectivity index (χ1) is 6.02. The van der Waals surface area contributed by atoms with E-state index in [-0.39, 0.29) is 11.9 Å². The van der Waals surface area contributed by atoms with Gasteiger partial charge in [-0.05, 0) is 27.2 Å². The molecule has 3 heteroatoms. The molecule has 0 aliphatic heterocycles. The second-order valence-electron chi connectivity index (χ2n) is 3.55. The topological polar surface area (TPSA) is 32.3 Å². The van der Waals surface area contributed by atoms with Gasteiger partial charge in [-0.1, -0.05) is 6.92 Å². The van der Waals surface area contributed by atoms with Crippen LogP contribution in [-0.4, -0.2) is 36.5 Å². The minimum absolute atomic E-state index is 0.0695. The zero-order valence-corrected chi connectivity index (χ0v) is 9.42. The van der Waals surface area contributed by atoms with E-state index in [1.54, 1.807) is 4.90 Å². The fourth-order valence-corrected chi connectivity index (χ4v) is 1.10. The largest absolute Gasteiger partial charge is 0.345 e. The average Bonchev–Trinajstić information content (AvgIpc) is 2.14. The number of nitrogens with zero attached hydrogens (tertiary/aromatic N) is 1. The summed E-state index contributed by atoms with van der Waals surface area (Å²) in [5.41, 5.74) is 0. The predicted octanol–water partition coefficient (Wildman–Crippen LogP) is 1.24. The van der Waals surface area contributed by atoms with Gasteiger partial charge in [0.15, 0.2) is 0 Å². The highest BCUT2D eigenvalue weighted by Crippen LogP contribution is 1.95. The molecule has 3 nitrogen and oxygen atoms in total. The number of carbonyl (C=O) groups is 1. The molecule has 0 aliphatic carbocycles. The van der Waals surface area contributed by atoms with Crippen molar-refractivity contribution in [3.63, 3.8) is 0 Å². The number of nitrogens with one attached hydrogen (secondary N) is 1. The first kappa shape index (κ1) is 12.4. The fraction of sp³-hybridized carbons (Fsp3) is 0.900. The van der Waals surface area contributed by atoms with E-state index >= 15 is 0 Å². The molecule has 0 bridgehead atoms. The zero-order valence-electron chi connectivity index (χ0n) is 9.42. The van der Waals surface area contributed by atoms with E-state index in [0.717, 1.165) is 13.0 Å². The summed E-state index contributed by atoms with van der Waals surface area (Å²) in [5, 5.41) is 3.25. The standard InChI is InChI=1S/C10H22N2O/c1-6-8(3)11-9(4)10(13)12(5)7-2/h8-9,11H,6-7H2,1-5H3. The average molecular weight is 186 g/mol. The van der Waals surface area contributed by atoms with E-state index in [2.05, 4.69) is 19.2 Å². The molecule has 0 heterocycles. The van der Waals surface area contributed by atoms with Crippen LogP contribution in [0.2, 0.25) is 0 Å². The molecule has 0 saturated carbocycles. The van der Waals surface area contributed by atoms with Crippen molar-refractivity contribution >= 4 is 5.91 Å². The minimum Gasteiger partial charge on any atom is -0.345 e. The molecule has 2 atom stereocenters. The first-order valence-electron chi connectivity index (χ1n) is 5.03. The van der Waals surface area contributed by atoms with Crippen LogP contribution in [0.5, 0.6) is 0 Å². The molecule has 1 N–H and O–H groups in total. The Hall–Kier alpha value is -0.570. The summed E-state index contributed by atoms with van der Waals surface area (Å²) in [6, 6.07) is 0.337. The van der Waals surface area contributed by atoms with Gasteiger partial charge in [-0.2, -0.15) is 0 Å². The Labute approximate surface area is 81.5 Å². The Bertz CT molecular complexity index is 159. The molecule has 1 amide bonds. The number of likely N-dealkylation sites (N-methyl/N-ethyl adjacent to an activating group) is 1. The highest BCUT2D eigenvalue weighted by atomic mass is 16.2. The van der Waals surface area contributed by atoms with Gasteiger partial charge in [0.1, 0.15) is 0 Å². The van der Waals surface area contributed by atoms with Crippen molar-refractivity contribution in [2.45, 2.75) is 46.2 Å². The third kappa shape index (κ3) is 4.27. The van der Waals surface area contributed by atoms with Gasteiger partial charge in [-0.15, -0.1) is 0 Å². The normalized spacial score (nSPS) is 15.2. The Morgan fingerprint density at radius 3 is 2.31 bits per heavy atom. The summed E-state index contributed by atoms with van der Waals surface area (Å²) >= 11 is 0. The monoisotopic (exact) mass is 186 g/mol. The molecule has 78 valence electrons. The van der Waals surface area contributed by atoms with E-state index in [1.165, 1.54) is 0 Å². The molecule has 0 aromatic carbocycles. The number of amides is 1. The van der Waals surface area contributed by atoms with Crippen LogP contribution in [0, 0.1) is 0 Å². The van der Waals surface area contributed by atoms with Crippen molar-refractivity contribution in [1.29, 1.82) is 0 Å². The molecule has 0 radical (unpaired) electrons. The third-order valence-corrected chi connectivity index (χ3v) is 2.37. The second-order valence-corrected chi connectivity index (χ2v) is 3.55. The highest BCUT2D eigenvalue weighted by molar-refractivity contribution is 5.81. The molecule has 0 saturated heterocycles. The van der Waals surface area contributed by atoms with Crippen molar-refractivity contribution in [2.75, 3.05) is 13.6 Å². The maximum Gasteiger partial charge on any atom is 0.239 e. The van der Waals surface area contributed by atoms with Crippen LogP contribution in [0.4, 0.5) is 0 Å². The lowest BCUT2D eigenvalue weighted by molar-refractivity contribution is -0.131. The fourth-order valence-electron chi connectivity index (χ4n) is 1.10. The van der Waals surface area contributed by atoms with Gasteiger partial charge in [0.05, 0.1) is 6.04 Å². The van der Waals surface area contributed by atoms with Gasteiger partial charge in [0, 0.05) is 19.6 Å². The van der Waals surface area contributed by atoms with Crippen molar-refractivity contribution in [2.24, 2.45) is 0 Å². The van der Waals surface area contributed by atoms with Gasteiger partial charge < -0.3 is 10.2 Å². The van der Waals surface area contributed by atoms with Gasteiger partial charge in [-0.3, -0.25) is 4.79 Å². The molecular formula is C10H22N2O. The molecule has 0 fully saturated rings. The molecule has 0 aliphatic rings. The van der Waals surface area contributed by atoms with Crippen molar-refractivity contribution in [3.8, 4) is 0 Å². The summed E-state index contributed by atoms with van der Waals surface area (Å²) in [7, 11) is 1.83. The predicted molar refractivity (Wildman–Crippen MR) is 55.7 cm³/mol. The Balaban J connectivity index is 3.95. The van der Waals surface area contributed by atoms with E-state index in [1.807, 2.05) is 20.9 Å². The van der Waals surface area contributed by atoms with Gasteiger partial charge in [0.25, 0.3) is 0 Å². The number of hydrogen-bond acceptors (Lipinski definition) is 2. The minimum atomic E-state index is -0.0695. The van der Waals surface area contributed by atoms with E-state index in [4.69, 9.17) is 0 Å². The Kier molecular flexibility index (Phi) is 5.71. The van der Waals surface area contributed by atoms with Crippen LogP contribution in [0.3, 0.4) is 0 Å². The number of hydrogen-bond donors (Lipinski definition) is 1. The van der Waals surface area contributed by atoms with Crippen molar-refractivity contribution < 1.29 is 4.79 Å². The molecule has 13 heavy (non-hydrogen) atoms. The summed E-state index contributed by atoms with van der Waals surface area (Å²) in [6.07, 6.45) is 1.05. The molecular weight excluding hydrogens is 164 g/mol. The Morgan fingerprint density at radius 2 is 1.92 bits per heavy atom. The molecule has 0 aromatic rings. The van der Waals surface area contributed by atoms with Gasteiger partial charge >= 0.3 is 0 Å². The van der Waals surface area contributed by atoms with Crippen LogP contribution in [0.1, 0.15) is 34.1 Å². The van der Waals surface area contributed by atoms with E-state index in [9.17, 15) is 4.79 Å². The maximum absolute atomic E-state index is 11.6. The second kappa shape index (κ2) is 5.97. The number of rotatable bonds is 5. The molecule has 0 spiro atoms. The first-order valence-corrected chi connectivity index (χ1v) is 5.03. The zero-order chi connectivity index (χ0) is 10.4. The molecule has 0 aromatic heterocycles. The molecule has 0 rings (SSSR count). The van der Waals surface area contributed by atoms with Crippen molar-refractivity contribution in [1.82, 2.24) is 10.2 Å². The lowest BCUT2D eigenvalue weighted by atomic mass is 10.2. The Morgan fingerprint density at radius 1 is 1.38 bits per heavy atom. The van der Waals surface area contributed by atoms with Crippen LogP contribution >= 0.6 is 0 Å². The lowest BCUT2D eigenvalue weighted by Crippen LogP contribution is -2.46. The summed E-state index contributed by atoms with van der Waals surface area (Å²) < 4.78 is 0. The van der Waals surface area contributed by atoms with Crippen LogP contribution < -0.4 is 5.32 Å². The van der Waals surface area contributed by atoms with Gasteiger partial charge in [-0.25, -0.2) is 0 Å². The smallest absolute Gasteiger partial charge is 0.239 e. The van der Waals surface area contributed by atoms with Crippen molar-refractivity contribution in [3.05, 3.63) is 0 Å². The quantitative estimate of drug-likeness (QED) is 0.700.